The fourth-order valence-electron chi connectivity index (χ4n) is 4.22. The topological polar surface area (TPSA) is 18.5 Å². The van der Waals surface area contributed by atoms with Crippen molar-refractivity contribution in [3.63, 3.8) is 0 Å². The van der Waals surface area contributed by atoms with Gasteiger partial charge in [0, 0.05) is 0 Å². The standard InChI is InChI=1S/C32H28F6O2/c33-27-17-23(18-28(34)31(27)37)21-7-11-25(12-8-21)39-15-5-3-1-2-4-6-16-40-26-13-9-22(10-14-26)24-19-29(35)32(38)30(36)20-24/h7-14,17-20H,1-6,15-16H2. The highest BCUT2D eigenvalue weighted by atomic mass is 19.2. The molecule has 0 amide bonds. The van der Waals surface area contributed by atoms with E-state index in [1.165, 1.54) is 0 Å². The maximum atomic E-state index is 13.4. The summed E-state index contributed by atoms with van der Waals surface area (Å²) in [5.41, 5.74) is 1.63. The molecular weight excluding hydrogens is 530 g/mol. The lowest BCUT2D eigenvalue weighted by atomic mass is 10.1. The Morgan fingerprint density at radius 1 is 0.375 bits per heavy atom. The van der Waals surface area contributed by atoms with E-state index >= 15 is 0 Å². The largest absolute Gasteiger partial charge is 0.494 e. The van der Waals surface area contributed by atoms with Crippen molar-refractivity contribution in [1.82, 2.24) is 0 Å². The van der Waals surface area contributed by atoms with Gasteiger partial charge in [-0.2, -0.15) is 0 Å². The number of halogens is 6. The van der Waals surface area contributed by atoms with Crippen LogP contribution in [0.4, 0.5) is 26.3 Å². The molecule has 0 saturated heterocycles. The number of benzene rings is 4. The van der Waals surface area contributed by atoms with Crippen LogP contribution in [0.5, 0.6) is 11.5 Å². The summed E-state index contributed by atoms with van der Waals surface area (Å²) >= 11 is 0. The van der Waals surface area contributed by atoms with E-state index < -0.39 is 34.9 Å². The molecular formula is C32H28F6O2. The number of ether oxygens (including phenoxy) is 2. The van der Waals surface area contributed by atoms with E-state index in [1.807, 2.05) is 0 Å². The predicted octanol–water partition coefficient (Wildman–Crippen LogP) is 9.65. The molecule has 0 fully saturated rings. The average Bonchev–Trinajstić information content (AvgIpc) is 2.95. The fourth-order valence-corrected chi connectivity index (χ4v) is 4.22. The summed E-state index contributed by atoms with van der Waals surface area (Å²) in [5.74, 6) is -6.57. The Balaban J connectivity index is 1.07. The van der Waals surface area contributed by atoms with Crippen molar-refractivity contribution in [3.05, 3.63) is 108 Å². The second-order valence-electron chi connectivity index (χ2n) is 9.37. The zero-order valence-electron chi connectivity index (χ0n) is 21.7. The van der Waals surface area contributed by atoms with Gasteiger partial charge in [-0.05, 0) is 83.6 Å². The molecule has 0 bridgehead atoms. The van der Waals surface area contributed by atoms with Gasteiger partial charge >= 0.3 is 0 Å². The second-order valence-corrected chi connectivity index (χ2v) is 9.37. The molecule has 0 spiro atoms. The van der Waals surface area contributed by atoms with E-state index in [-0.39, 0.29) is 11.1 Å². The quantitative estimate of drug-likeness (QED) is 0.0924. The summed E-state index contributed by atoms with van der Waals surface area (Å²) in [6.45, 7) is 1.10. The smallest absolute Gasteiger partial charge is 0.194 e. The van der Waals surface area contributed by atoms with Crippen LogP contribution in [0.2, 0.25) is 0 Å². The molecule has 0 N–H and O–H groups in total. The van der Waals surface area contributed by atoms with E-state index in [0.29, 0.717) is 35.8 Å². The summed E-state index contributed by atoms with van der Waals surface area (Å²) < 4.78 is 91.5. The lowest BCUT2D eigenvalue weighted by Gasteiger charge is -2.09. The molecule has 4 aromatic carbocycles. The number of hydrogen-bond acceptors (Lipinski definition) is 2. The van der Waals surface area contributed by atoms with Crippen LogP contribution in [0, 0.1) is 34.9 Å². The van der Waals surface area contributed by atoms with Crippen molar-refractivity contribution in [2.75, 3.05) is 13.2 Å². The summed E-state index contributed by atoms with van der Waals surface area (Å²) in [7, 11) is 0. The van der Waals surface area contributed by atoms with Crippen molar-refractivity contribution < 1.29 is 35.8 Å². The number of unbranched alkanes of at least 4 members (excludes halogenated alkanes) is 5. The summed E-state index contributed by atoms with van der Waals surface area (Å²) in [5, 5.41) is 0. The van der Waals surface area contributed by atoms with Gasteiger partial charge in [-0.3, -0.25) is 0 Å². The van der Waals surface area contributed by atoms with Gasteiger partial charge in [0.25, 0.3) is 0 Å². The second kappa shape index (κ2) is 13.9. The first kappa shape index (κ1) is 29.1. The predicted molar refractivity (Wildman–Crippen MR) is 142 cm³/mol. The van der Waals surface area contributed by atoms with Crippen LogP contribution in [-0.2, 0) is 0 Å². The van der Waals surface area contributed by atoms with Crippen LogP contribution in [0.1, 0.15) is 38.5 Å². The minimum absolute atomic E-state index is 0.253. The molecule has 8 heteroatoms. The zero-order chi connectivity index (χ0) is 28.5. The van der Waals surface area contributed by atoms with Crippen molar-refractivity contribution in [2.45, 2.75) is 38.5 Å². The third-order valence-corrected chi connectivity index (χ3v) is 6.42. The van der Waals surface area contributed by atoms with Crippen molar-refractivity contribution in [1.29, 1.82) is 0 Å². The maximum Gasteiger partial charge on any atom is 0.194 e. The van der Waals surface area contributed by atoms with E-state index in [1.54, 1.807) is 48.5 Å². The van der Waals surface area contributed by atoms with E-state index in [2.05, 4.69) is 0 Å². The van der Waals surface area contributed by atoms with Gasteiger partial charge in [0.2, 0.25) is 0 Å². The van der Waals surface area contributed by atoms with Gasteiger partial charge in [-0.1, -0.05) is 49.9 Å². The van der Waals surface area contributed by atoms with Crippen LogP contribution in [0.25, 0.3) is 22.3 Å². The molecule has 0 aliphatic rings. The highest BCUT2D eigenvalue weighted by Crippen LogP contribution is 2.27. The highest BCUT2D eigenvalue weighted by molar-refractivity contribution is 5.65. The maximum absolute atomic E-state index is 13.4. The molecule has 4 rings (SSSR count). The van der Waals surface area contributed by atoms with Gasteiger partial charge in [-0.25, -0.2) is 26.3 Å². The van der Waals surface area contributed by atoms with Gasteiger partial charge in [0.15, 0.2) is 34.9 Å². The lowest BCUT2D eigenvalue weighted by molar-refractivity contribution is 0.297. The van der Waals surface area contributed by atoms with E-state index in [9.17, 15) is 26.3 Å². The van der Waals surface area contributed by atoms with Crippen LogP contribution < -0.4 is 9.47 Å². The third kappa shape index (κ3) is 7.81. The first-order valence-corrected chi connectivity index (χ1v) is 13.1. The Bertz CT molecular complexity index is 1250. The molecule has 2 nitrogen and oxygen atoms in total. The molecule has 0 aromatic heterocycles. The van der Waals surface area contributed by atoms with Crippen LogP contribution >= 0.6 is 0 Å². The Morgan fingerprint density at radius 3 is 1.00 bits per heavy atom. The molecule has 210 valence electrons. The number of hydrogen-bond donors (Lipinski definition) is 0. The van der Waals surface area contributed by atoms with Crippen molar-refractivity contribution in [2.24, 2.45) is 0 Å². The molecule has 0 radical (unpaired) electrons. The normalized spacial score (nSPS) is 11.1. The van der Waals surface area contributed by atoms with E-state index in [4.69, 9.17) is 9.47 Å². The first-order valence-electron chi connectivity index (χ1n) is 13.1. The van der Waals surface area contributed by atoms with E-state index in [0.717, 1.165) is 62.8 Å². The monoisotopic (exact) mass is 558 g/mol. The molecule has 0 heterocycles. The molecule has 4 aromatic rings. The van der Waals surface area contributed by atoms with Crippen LogP contribution in [0.15, 0.2) is 72.8 Å². The zero-order valence-corrected chi connectivity index (χ0v) is 21.7. The third-order valence-electron chi connectivity index (χ3n) is 6.42. The van der Waals surface area contributed by atoms with Gasteiger partial charge in [0.05, 0.1) is 13.2 Å². The van der Waals surface area contributed by atoms with Crippen molar-refractivity contribution >= 4 is 0 Å². The Morgan fingerprint density at radius 2 is 0.675 bits per heavy atom. The highest BCUT2D eigenvalue weighted by Gasteiger charge is 2.13. The summed E-state index contributed by atoms with van der Waals surface area (Å²) in [4.78, 5) is 0. The van der Waals surface area contributed by atoms with Crippen LogP contribution in [0.3, 0.4) is 0 Å². The van der Waals surface area contributed by atoms with Crippen LogP contribution in [-0.4, -0.2) is 13.2 Å². The average molecular weight is 559 g/mol. The Labute approximate surface area is 229 Å². The Hall–Kier alpha value is -3.94. The summed E-state index contributed by atoms with van der Waals surface area (Å²) in [6, 6.07) is 17.4. The van der Waals surface area contributed by atoms with Gasteiger partial charge in [-0.15, -0.1) is 0 Å². The number of rotatable bonds is 13. The molecule has 0 aliphatic heterocycles. The molecule has 0 aliphatic carbocycles. The lowest BCUT2D eigenvalue weighted by Crippen LogP contribution is -1.98. The molecule has 40 heavy (non-hydrogen) atoms. The van der Waals surface area contributed by atoms with Gasteiger partial charge in [0.1, 0.15) is 11.5 Å². The minimum atomic E-state index is -1.48. The van der Waals surface area contributed by atoms with Gasteiger partial charge < -0.3 is 9.47 Å². The molecule has 0 unspecified atom stereocenters. The first-order chi connectivity index (χ1) is 19.3. The molecule has 0 saturated carbocycles. The van der Waals surface area contributed by atoms with Crippen molar-refractivity contribution in [3.8, 4) is 33.8 Å². The fraction of sp³-hybridized carbons (Fsp3) is 0.250. The Kier molecular flexibility index (Phi) is 10.1. The molecule has 0 atom stereocenters. The minimum Gasteiger partial charge on any atom is -0.494 e. The summed E-state index contributed by atoms with van der Waals surface area (Å²) in [6.07, 6.45) is 5.92. The SMILES string of the molecule is Fc1cc(-c2ccc(OCCCCCCCCOc3ccc(-c4cc(F)c(F)c(F)c4)cc3)cc2)cc(F)c1F.